The van der Waals surface area contributed by atoms with Gasteiger partial charge in [-0.25, -0.2) is 4.98 Å². The van der Waals surface area contributed by atoms with E-state index in [1.807, 2.05) is 51.1 Å². The molecule has 5 nitrogen and oxygen atoms in total. The van der Waals surface area contributed by atoms with Gasteiger partial charge < -0.3 is 15.4 Å². The molecule has 0 aliphatic rings. The number of nitrogens with one attached hydrogen (secondary N) is 2. The molecule has 0 fully saturated rings. The molecule has 0 atom stereocenters. The van der Waals surface area contributed by atoms with Crippen LogP contribution in [0.25, 0.3) is 0 Å². The van der Waals surface area contributed by atoms with Crippen molar-refractivity contribution >= 4 is 17.4 Å². The van der Waals surface area contributed by atoms with Crippen LogP contribution in [0.5, 0.6) is 5.75 Å². The molecule has 1 aromatic carbocycles. The molecule has 1 amide bonds. The van der Waals surface area contributed by atoms with Crippen LogP contribution < -0.4 is 15.4 Å². The monoisotopic (exact) mass is 313 g/mol. The minimum atomic E-state index is -0.438. The Morgan fingerprint density at radius 3 is 2.35 bits per heavy atom. The van der Waals surface area contributed by atoms with Crippen LogP contribution in [-0.2, 0) is 11.3 Å². The van der Waals surface area contributed by atoms with Gasteiger partial charge in [0.25, 0.3) is 0 Å². The Balaban J connectivity index is 1.90. The maximum atomic E-state index is 11.9. The van der Waals surface area contributed by atoms with Crippen molar-refractivity contribution in [2.75, 3.05) is 17.7 Å². The maximum absolute atomic E-state index is 11.9. The van der Waals surface area contributed by atoms with Crippen LogP contribution in [0.4, 0.5) is 11.5 Å². The summed E-state index contributed by atoms with van der Waals surface area (Å²) in [6.45, 7) is 6.30. The molecule has 1 heterocycles. The summed E-state index contributed by atoms with van der Waals surface area (Å²) in [6, 6.07) is 11.6. The molecule has 23 heavy (non-hydrogen) atoms. The van der Waals surface area contributed by atoms with Crippen molar-refractivity contribution in [3.05, 3.63) is 48.2 Å². The standard InChI is InChI=1S/C18H23N3O2/c1-18(2,3)17(22)21-16-10-7-14(12-20-16)19-11-13-5-8-15(23-4)9-6-13/h5-10,12,19H,11H2,1-4H3,(H,20,21,22). The number of amides is 1. The second-order valence-electron chi connectivity index (χ2n) is 6.34. The second kappa shape index (κ2) is 7.13. The van der Waals surface area contributed by atoms with Gasteiger partial charge in [0, 0.05) is 12.0 Å². The maximum Gasteiger partial charge on any atom is 0.230 e. The normalized spacial score (nSPS) is 11.0. The first-order valence-corrected chi connectivity index (χ1v) is 7.53. The van der Waals surface area contributed by atoms with Crippen LogP contribution in [0, 0.1) is 5.41 Å². The number of benzene rings is 1. The van der Waals surface area contributed by atoms with Crippen molar-refractivity contribution in [3.63, 3.8) is 0 Å². The lowest BCUT2D eigenvalue weighted by molar-refractivity contribution is -0.123. The zero-order chi connectivity index (χ0) is 16.9. The molecule has 0 radical (unpaired) electrons. The Kier molecular flexibility index (Phi) is 5.21. The zero-order valence-electron chi connectivity index (χ0n) is 14.0. The lowest BCUT2D eigenvalue weighted by Crippen LogP contribution is -2.27. The summed E-state index contributed by atoms with van der Waals surface area (Å²) in [5.41, 5.74) is 1.61. The number of methoxy groups -OCH3 is 1. The highest BCUT2D eigenvalue weighted by molar-refractivity contribution is 5.93. The quantitative estimate of drug-likeness (QED) is 0.883. The average molecular weight is 313 g/mol. The fraction of sp³-hybridized carbons (Fsp3) is 0.333. The van der Waals surface area contributed by atoms with E-state index in [1.54, 1.807) is 19.4 Å². The molecule has 2 rings (SSSR count). The number of aromatic nitrogens is 1. The number of hydrogen-bond acceptors (Lipinski definition) is 4. The molecule has 1 aromatic heterocycles. The Labute approximate surface area is 137 Å². The number of carbonyl (C=O) groups is 1. The van der Waals surface area contributed by atoms with Gasteiger partial charge in [-0.1, -0.05) is 32.9 Å². The predicted molar refractivity (Wildman–Crippen MR) is 92.6 cm³/mol. The van der Waals surface area contributed by atoms with Gasteiger partial charge in [-0.3, -0.25) is 4.79 Å². The number of carbonyl (C=O) groups excluding carboxylic acids is 1. The van der Waals surface area contributed by atoms with Crippen molar-refractivity contribution < 1.29 is 9.53 Å². The van der Waals surface area contributed by atoms with Gasteiger partial charge in [-0.05, 0) is 29.8 Å². The molecule has 5 heteroatoms. The Hall–Kier alpha value is -2.56. The lowest BCUT2D eigenvalue weighted by Gasteiger charge is -2.17. The van der Waals surface area contributed by atoms with E-state index in [9.17, 15) is 4.79 Å². The molecule has 0 saturated carbocycles. The number of pyridine rings is 1. The topological polar surface area (TPSA) is 63.2 Å². The first kappa shape index (κ1) is 16.8. The summed E-state index contributed by atoms with van der Waals surface area (Å²) in [5, 5.41) is 6.10. The van der Waals surface area contributed by atoms with Crippen LogP contribution in [-0.4, -0.2) is 18.0 Å². The number of ether oxygens (including phenoxy) is 1. The summed E-state index contributed by atoms with van der Waals surface area (Å²) in [5.74, 6) is 1.35. The number of rotatable bonds is 5. The molecule has 122 valence electrons. The van der Waals surface area contributed by atoms with Gasteiger partial charge in [0.05, 0.1) is 19.0 Å². The summed E-state index contributed by atoms with van der Waals surface area (Å²) < 4.78 is 5.14. The zero-order valence-corrected chi connectivity index (χ0v) is 14.0. The molecule has 0 bridgehead atoms. The molecular weight excluding hydrogens is 290 g/mol. The van der Waals surface area contributed by atoms with Gasteiger partial charge in [0.15, 0.2) is 0 Å². The summed E-state index contributed by atoms with van der Waals surface area (Å²) in [6.07, 6.45) is 1.71. The van der Waals surface area contributed by atoms with Gasteiger partial charge in [0.1, 0.15) is 11.6 Å². The SMILES string of the molecule is COc1ccc(CNc2ccc(NC(=O)C(C)(C)C)nc2)cc1. The van der Waals surface area contributed by atoms with E-state index >= 15 is 0 Å². The van der Waals surface area contributed by atoms with Crippen LogP contribution in [0.3, 0.4) is 0 Å². The predicted octanol–water partition coefficient (Wildman–Crippen LogP) is 3.69. The van der Waals surface area contributed by atoms with E-state index < -0.39 is 5.41 Å². The van der Waals surface area contributed by atoms with Crippen molar-refractivity contribution in [1.29, 1.82) is 0 Å². The van der Waals surface area contributed by atoms with E-state index in [0.29, 0.717) is 12.4 Å². The van der Waals surface area contributed by atoms with Crippen LogP contribution in [0.1, 0.15) is 26.3 Å². The largest absolute Gasteiger partial charge is 0.497 e. The third-order valence-corrected chi connectivity index (χ3v) is 3.34. The Morgan fingerprint density at radius 1 is 1.13 bits per heavy atom. The fourth-order valence-corrected chi connectivity index (χ4v) is 1.82. The summed E-state index contributed by atoms with van der Waals surface area (Å²) >= 11 is 0. The first-order valence-electron chi connectivity index (χ1n) is 7.53. The minimum Gasteiger partial charge on any atom is -0.497 e. The molecule has 0 spiro atoms. The Bertz CT molecular complexity index is 643. The van der Waals surface area contributed by atoms with Crippen molar-refractivity contribution in [1.82, 2.24) is 4.98 Å². The second-order valence-corrected chi connectivity index (χ2v) is 6.34. The smallest absolute Gasteiger partial charge is 0.230 e. The molecule has 0 saturated heterocycles. The fourth-order valence-electron chi connectivity index (χ4n) is 1.82. The van der Waals surface area contributed by atoms with Crippen molar-refractivity contribution in [3.8, 4) is 5.75 Å². The van der Waals surface area contributed by atoms with E-state index in [2.05, 4.69) is 15.6 Å². The third-order valence-electron chi connectivity index (χ3n) is 3.34. The summed E-state index contributed by atoms with van der Waals surface area (Å²) in [4.78, 5) is 16.2. The first-order chi connectivity index (χ1) is 10.9. The number of nitrogens with zero attached hydrogens (tertiary/aromatic N) is 1. The van der Waals surface area contributed by atoms with Crippen molar-refractivity contribution in [2.24, 2.45) is 5.41 Å². The van der Waals surface area contributed by atoms with E-state index in [1.165, 1.54) is 0 Å². The van der Waals surface area contributed by atoms with Gasteiger partial charge in [-0.15, -0.1) is 0 Å². The van der Waals surface area contributed by atoms with Crippen molar-refractivity contribution in [2.45, 2.75) is 27.3 Å². The molecular formula is C18H23N3O2. The van der Waals surface area contributed by atoms with Gasteiger partial charge >= 0.3 is 0 Å². The lowest BCUT2D eigenvalue weighted by atomic mass is 9.96. The molecule has 0 aliphatic carbocycles. The average Bonchev–Trinajstić information content (AvgIpc) is 2.54. The highest BCUT2D eigenvalue weighted by Crippen LogP contribution is 2.18. The number of anilines is 2. The van der Waals surface area contributed by atoms with Crippen LogP contribution >= 0.6 is 0 Å². The van der Waals surface area contributed by atoms with Gasteiger partial charge in [-0.2, -0.15) is 0 Å². The molecule has 2 N–H and O–H groups in total. The van der Waals surface area contributed by atoms with Crippen LogP contribution in [0.15, 0.2) is 42.6 Å². The molecule has 0 aliphatic heterocycles. The Morgan fingerprint density at radius 2 is 1.83 bits per heavy atom. The van der Waals surface area contributed by atoms with E-state index in [4.69, 9.17) is 4.74 Å². The van der Waals surface area contributed by atoms with Gasteiger partial charge in [0.2, 0.25) is 5.91 Å². The number of hydrogen-bond donors (Lipinski definition) is 2. The van der Waals surface area contributed by atoms with E-state index in [-0.39, 0.29) is 5.91 Å². The molecule has 2 aromatic rings. The minimum absolute atomic E-state index is 0.0519. The van der Waals surface area contributed by atoms with Crippen LogP contribution in [0.2, 0.25) is 0 Å². The summed E-state index contributed by atoms with van der Waals surface area (Å²) in [7, 11) is 1.65. The highest BCUT2D eigenvalue weighted by Gasteiger charge is 2.21. The highest BCUT2D eigenvalue weighted by atomic mass is 16.5. The molecule has 0 unspecified atom stereocenters. The third kappa shape index (κ3) is 4.98. The van der Waals surface area contributed by atoms with E-state index in [0.717, 1.165) is 17.0 Å².